The van der Waals surface area contributed by atoms with Crippen LogP contribution in [0.5, 0.6) is 5.88 Å². The molecular weight excluding hydrogens is 340 g/mol. The number of pyridine rings is 1. The lowest BCUT2D eigenvalue weighted by Crippen LogP contribution is -2.20. The van der Waals surface area contributed by atoms with E-state index < -0.39 is 0 Å². The second-order valence-corrected chi connectivity index (χ2v) is 6.11. The Bertz CT molecular complexity index is 1110. The van der Waals surface area contributed by atoms with Gasteiger partial charge in [0.15, 0.2) is 4.96 Å². The van der Waals surface area contributed by atoms with E-state index >= 15 is 0 Å². The van der Waals surface area contributed by atoms with Gasteiger partial charge < -0.3 is 4.74 Å². The first-order valence-electron chi connectivity index (χ1n) is 7.45. The summed E-state index contributed by atoms with van der Waals surface area (Å²) in [7, 11) is 1.55. The lowest BCUT2D eigenvalue weighted by molar-refractivity contribution is 0.0948. The summed E-state index contributed by atoms with van der Waals surface area (Å²) in [5.74, 6) is 0.119. The minimum atomic E-state index is -0.336. The average molecular weight is 354 g/mol. The van der Waals surface area contributed by atoms with Gasteiger partial charge in [-0.3, -0.25) is 13.6 Å². The summed E-state index contributed by atoms with van der Waals surface area (Å²) in [6, 6.07) is 5.57. The van der Waals surface area contributed by atoms with Crippen LogP contribution in [-0.2, 0) is 0 Å². The fourth-order valence-electron chi connectivity index (χ4n) is 2.64. The average Bonchev–Trinajstić information content (AvgIpc) is 3.27. The van der Waals surface area contributed by atoms with Gasteiger partial charge in [0, 0.05) is 17.8 Å². The van der Waals surface area contributed by atoms with Crippen LogP contribution in [0.1, 0.15) is 21.9 Å². The second-order valence-electron chi connectivity index (χ2n) is 5.24. The van der Waals surface area contributed by atoms with Gasteiger partial charge in [-0.05, 0) is 19.1 Å². The molecule has 0 unspecified atom stereocenters. The van der Waals surface area contributed by atoms with Gasteiger partial charge >= 0.3 is 0 Å². The summed E-state index contributed by atoms with van der Waals surface area (Å²) < 4.78 is 8.83. The number of rotatable bonds is 4. The third-order valence-electron chi connectivity index (χ3n) is 3.73. The van der Waals surface area contributed by atoms with E-state index in [9.17, 15) is 4.79 Å². The highest BCUT2D eigenvalue weighted by Gasteiger charge is 2.16. The first kappa shape index (κ1) is 15.3. The smallest absolute Gasteiger partial charge is 0.290 e. The van der Waals surface area contributed by atoms with Crippen molar-refractivity contribution in [1.29, 1.82) is 0 Å². The Morgan fingerprint density at radius 2 is 2.20 bits per heavy atom. The number of hydrogen-bond acceptors (Lipinski definition) is 6. The molecule has 4 aromatic rings. The number of hydrogen-bond donors (Lipinski definition) is 1. The molecule has 4 heterocycles. The Morgan fingerprint density at radius 3 is 3.04 bits per heavy atom. The molecule has 8 nitrogen and oxygen atoms in total. The van der Waals surface area contributed by atoms with Gasteiger partial charge in [0.05, 0.1) is 19.0 Å². The molecule has 0 fully saturated rings. The normalized spacial score (nSPS) is 11.6. The van der Waals surface area contributed by atoms with Crippen LogP contribution >= 0.6 is 11.3 Å². The number of hydrazone groups is 1. The van der Waals surface area contributed by atoms with E-state index in [1.54, 1.807) is 24.6 Å². The zero-order valence-corrected chi connectivity index (χ0v) is 14.3. The molecule has 126 valence electrons. The van der Waals surface area contributed by atoms with E-state index in [2.05, 4.69) is 20.5 Å². The van der Waals surface area contributed by atoms with E-state index in [4.69, 9.17) is 4.74 Å². The molecule has 0 saturated heterocycles. The number of ether oxygens (including phenoxy) is 1. The predicted molar refractivity (Wildman–Crippen MR) is 94.6 cm³/mol. The third-order valence-corrected chi connectivity index (χ3v) is 4.49. The van der Waals surface area contributed by atoms with E-state index in [1.807, 2.05) is 34.2 Å². The molecular formula is C16H14N6O2S. The SMILES string of the molecule is COc1nc2sccn2c1/C=N/NC(=O)c1c(C)nc2ccccn12. The lowest BCUT2D eigenvalue weighted by atomic mass is 10.3. The predicted octanol–water partition coefficient (Wildman–Crippen LogP) is 2.12. The van der Waals surface area contributed by atoms with Gasteiger partial charge in [-0.15, -0.1) is 11.3 Å². The maximum absolute atomic E-state index is 12.5. The molecule has 25 heavy (non-hydrogen) atoms. The maximum Gasteiger partial charge on any atom is 0.290 e. The monoisotopic (exact) mass is 354 g/mol. The molecule has 0 radical (unpaired) electrons. The van der Waals surface area contributed by atoms with Crippen molar-refractivity contribution in [3.8, 4) is 5.88 Å². The standard InChI is InChI=1S/C16H14N6O2S/c1-10-13(22-6-4-3-5-12(22)18-10)14(23)20-17-9-11-15(24-2)19-16-21(11)7-8-25-16/h3-9H,1-2H3,(H,20,23)/b17-9+. The number of nitrogens with zero attached hydrogens (tertiary/aromatic N) is 5. The summed E-state index contributed by atoms with van der Waals surface area (Å²) in [6.45, 7) is 1.79. The summed E-state index contributed by atoms with van der Waals surface area (Å²) in [5.41, 5.74) is 5.01. The van der Waals surface area contributed by atoms with Crippen LogP contribution in [0, 0.1) is 6.92 Å². The molecule has 9 heteroatoms. The van der Waals surface area contributed by atoms with Crippen molar-refractivity contribution in [1.82, 2.24) is 24.2 Å². The Balaban J connectivity index is 1.61. The fraction of sp³-hybridized carbons (Fsp3) is 0.125. The Morgan fingerprint density at radius 1 is 1.32 bits per heavy atom. The van der Waals surface area contributed by atoms with Gasteiger partial charge in [0.2, 0.25) is 5.88 Å². The number of thiazole rings is 1. The highest BCUT2D eigenvalue weighted by atomic mass is 32.1. The van der Waals surface area contributed by atoms with Crippen LogP contribution in [0.4, 0.5) is 0 Å². The molecule has 1 amide bonds. The molecule has 1 N–H and O–H groups in total. The largest absolute Gasteiger partial charge is 0.479 e. The Hall–Kier alpha value is -3.20. The second kappa shape index (κ2) is 6.02. The van der Waals surface area contributed by atoms with Gasteiger partial charge in [-0.2, -0.15) is 10.1 Å². The Labute approximate surface area is 146 Å². The maximum atomic E-state index is 12.5. The fourth-order valence-corrected chi connectivity index (χ4v) is 3.36. The van der Waals surface area contributed by atoms with Gasteiger partial charge in [-0.25, -0.2) is 10.4 Å². The Kier molecular flexibility index (Phi) is 3.69. The number of carbonyl (C=O) groups excluding carboxylic acids is 1. The minimum Gasteiger partial charge on any atom is -0.479 e. The quantitative estimate of drug-likeness (QED) is 0.449. The van der Waals surface area contributed by atoms with Crippen molar-refractivity contribution in [3.05, 3.63) is 53.1 Å². The van der Waals surface area contributed by atoms with Gasteiger partial charge in [0.25, 0.3) is 5.91 Å². The van der Waals surface area contributed by atoms with Crippen LogP contribution in [0.2, 0.25) is 0 Å². The number of aryl methyl sites for hydroxylation is 1. The highest BCUT2D eigenvalue weighted by molar-refractivity contribution is 7.15. The number of fused-ring (bicyclic) bond motifs is 2. The van der Waals surface area contributed by atoms with Crippen molar-refractivity contribution in [2.45, 2.75) is 6.92 Å². The summed E-state index contributed by atoms with van der Waals surface area (Å²) in [6.07, 6.45) is 5.18. The molecule has 0 aliphatic rings. The van der Waals surface area contributed by atoms with Crippen LogP contribution in [-0.4, -0.2) is 38.0 Å². The van der Waals surface area contributed by atoms with Crippen molar-refractivity contribution in [2.75, 3.05) is 7.11 Å². The number of aromatic nitrogens is 4. The molecule has 0 aliphatic heterocycles. The summed E-state index contributed by atoms with van der Waals surface area (Å²) in [5, 5.41) is 5.97. The van der Waals surface area contributed by atoms with Crippen LogP contribution in [0.25, 0.3) is 10.6 Å². The third kappa shape index (κ3) is 2.54. The molecule has 0 atom stereocenters. The number of methoxy groups -OCH3 is 1. The van der Waals surface area contributed by atoms with E-state index in [0.717, 1.165) is 4.96 Å². The molecule has 0 aromatic carbocycles. The number of carbonyl (C=O) groups is 1. The van der Waals surface area contributed by atoms with Crippen molar-refractivity contribution < 1.29 is 9.53 Å². The zero-order chi connectivity index (χ0) is 17.4. The number of amides is 1. The van der Waals surface area contributed by atoms with Crippen molar-refractivity contribution in [2.24, 2.45) is 5.10 Å². The summed E-state index contributed by atoms with van der Waals surface area (Å²) >= 11 is 1.49. The van der Waals surface area contributed by atoms with Crippen LogP contribution in [0.3, 0.4) is 0 Å². The molecule has 0 bridgehead atoms. The number of nitrogens with one attached hydrogen (secondary N) is 1. The van der Waals surface area contributed by atoms with Crippen molar-refractivity contribution in [3.63, 3.8) is 0 Å². The topological polar surface area (TPSA) is 85.3 Å². The molecule has 0 spiro atoms. The van der Waals surface area contributed by atoms with Crippen LogP contribution in [0.15, 0.2) is 41.1 Å². The van der Waals surface area contributed by atoms with Crippen molar-refractivity contribution >= 4 is 34.1 Å². The van der Waals surface area contributed by atoms with Gasteiger partial charge in [-0.1, -0.05) is 6.07 Å². The summed E-state index contributed by atoms with van der Waals surface area (Å²) in [4.78, 5) is 22.0. The van der Waals surface area contributed by atoms with E-state index in [0.29, 0.717) is 28.6 Å². The number of imidazole rings is 2. The molecule has 0 saturated carbocycles. The van der Waals surface area contributed by atoms with E-state index in [-0.39, 0.29) is 5.91 Å². The highest BCUT2D eigenvalue weighted by Crippen LogP contribution is 2.21. The zero-order valence-electron chi connectivity index (χ0n) is 13.5. The molecule has 4 aromatic heterocycles. The molecule has 0 aliphatic carbocycles. The first-order valence-corrected chi connectivity index (χ1v) is 8.33. The lowest BCUT2D eigenvalue weighted by Gasteiger charge is -2.01. The van der Waals surface area contributed by atoms with Gasteiger partial charge in [0.1, 0.15) is 17.0 Å². The first-order chi connectivity index (χ1) is 12.2. The minimum absolute atomic E-state index is 0.336. The van der Waals surface area contributed by atoms with E-state index in [1.165, 1.54) is 17.6 Å². The van der Waals surface area contributed by atoms with Crippen LogP contribution < -0.4 is 10.2 Å². The molecule has 4 rings (SSSR count).